The Morgan fingerprint density at radius 1 is 1.24 bits per heavy atom. The Labute approximate surface area is 201 Å². The van der Waals surface area contributed by atoms with Gasteiger partial charge in [0.15, 0.2) is 0 Å². The molecule has 0 spiro atoms. The maximum atomic E-state index is 12.8. The standard InChI is InChI=1S/C28H33N3O3/c1-17-14-20(16-29-30-17)24-8-9-25-23-7-4-18-15-19(27(34)31(3)13-11-26(32)33)5-6-21(18)22(23)10-12-28(24,25)2/h5-6,8,14-16,22-23,25H,4,7,9-13H2,1-3H3,(H,32,33)/t22-,23-,25+,28-/m1/s1. The van der Waals surface area contributed by atoms with Crippen molar-refractivity contribution in [3.8, 4) is 0 Å². The number of aromatic nitrogens is 2. The van der Waals surface area contributed by atoms with Gasteiger partial charge in [0.2, 0.25) is 0 Å². The maximum Gasteiger partial charge on any atom is 0.305 e. The van der Waals surface area contributed by atoms with Crippen LogP contribution in [0.1, 0.15) is 77.7 Å². The third kappa shape index (κ3) is 3.83. The lowest BCUT2D eigenvalue weighted by molar-refractivity contribution is -0.137. The van der Waals surface area contributed by atoms with Crippen LogP contribution in [0.5, 0.6) is 0 Å². The molecule has 1 aromatic heterocycles. The number of rotatable bonds is 5. The first-order valence-corrected chi connectivity index (χ1v) is 12.4. The zero-order valence-corrected chi connectivity index (χ0v) is 20.3. The molecule has 0 radical (unpaired) electrons. The average Bonchev–Trinajstić information content (AvgIpc) is 3.18. The summed E-state index contributed by atoms with van der Waals surface area (Å²) in [6.07, 6.45) is 9.91. The van der Waals surface area contributed by atoms with Crippen molar-refractivity contribution >= 4 is 17.4 Å². The van der Waals surface area contributed by atoms with E-state index in [0.29, 0.717) is 23.3 Å². The second-order valence-corrected chi connectivity index (χ2v) is 10.6. The van der Waals surface area contributed by atoms with E-state index in [1.807, 2.05) is 19.2 Å². The van der Waals surface area contributed by atoms with Crippen molar-refractivity contribution in [2.75, 3.05) is 13.6 Å². The number of amides is 1. The van der Waals surface area contributed by atoms with Gasteiger partial charge in [-0.1, -0.05) is 19.1 Å². The van der Waals surface area contributed by atoms with Crippen LogP contribution in [0.15, 0.2) is 36.5 Å². The van der Waals surface area contributed by atoms with Crippen LogP contribution in [0, 0.1) is 24.2 Å². The molecule has 0 saturated heterocycles. The molecule has 1 saturated carbocycles. The van der Waals surface area contributed by atoms with Crippen LogP contribution in [0.3, 0.4) is 0 Å². The fraction of sp³-hybridized carbons (Fsp3) is 0.500. The first kappa shape index (κ1) is 22.8. The summed E-state index contributed by atoms with van der Waals surface area (Å²) in [7, 11) is 1.67. The summed E-state index contributed by atoms with van der Waals surface area (Å²) in [5.74, 6) is 0.830. The maximum absolute atomic E-state index is 12.8. The van der Waals surface area contributed by atoms with Crippen molar-refractivity contribution in [1.82, 2.24) is 15.1 Å². The molecule has 6 heteroatoms. The molecule has 4 atom stereocenters. The molecule has 34 heavy (non-hydrogen) atoms. The molecule has 1 heterocycles. The van der Waals surface area contributed by atoms with Gasteiger partial charge in [-0.3, -0.25) is 9.59 Å². The molecule has 0 unspecified atom stereocenters. The third-order valence-electron chi connectivity index (χ3n) is 8.65. The van der Waals surface area contributed by atoms with Gasteiger partial charge in [0.1, 0.15) is 0 Å². The number of benzene rings is 1. The molecule has 3 aliphatic rings. The number of carbonyl (C=O) groups is 2. The summed E-state index contributed by atoms with van der Waals surface area (Å²) < 4.78 is 0. The molecular formula is C28H33N3O3. The number of nitrogens with zero attached hydrogens (tertiary/aromatic N) is 3. The highest BCUT2D eigenvalue weighted by atomic mass is 16.4. The Hall–Kier alpha value is -3.02. The Morgan fingerprint density at radius 2 is 2.06 bits per heavy atom. The lowest BCUT2D eigenvalue weighted by Crippen LogP contribution is -2.41. The number of hydrogen-bond acceptors (Lipinski definition) is 4. The number of fused-ring (bicyclic) bond motifs is 5. The summed E-state index contributed by atoms with van der Waals surface area (Å²) in [6.45, 7) is 4.68. The fourth-order valence-electron chi connectivity index (χ4n) is 6.94. The van der Waals surface area contributed by atoms with E-state index < -0.39 is 5.97 Å². The van der Waals surface area contributed by atoms with Gasteiger partial charge in [0.05, 0.1) is 18.3 Å². The SMILES string of the molecule is Cc1cc(C2=CC[C@H]3[C@@H]4CCc5cc(C(=O)N(C)CCC(=O)O)ccc5[C@H]4CC[C@]23C)cnn1. The Morgan fingerprint density at radius 3 is 2.82 bits per heavy atom. The van der Waals surface area contributed by atoms with E-state index in [1.165, 1.54) is 27.2 Å². The van der Waals surface area contributed by atoms with Crippen LogP contribution in [0.25, 0.3) is 5.57 Å². The molecule has 1 fully saturated rings. The number of allylic oxidation sites excluding steroid dienone is 2. The van der Waals surface area contributed by atoms with Gasteiger partial charge in [-0.2, -0.15) is 10.2 Å². The van der Waals surface area contributed by atoms with Gasteiger partial charge in [0.25, 0.3) is 5.91 Å². The summed E-state index contributed by atoms with van der Waals surface area (Å²) >= 11 is 0. The molecule has 1 amide bonds. The van der Waals surface area contributed by atoms with E-state index in [0.717, 1.165) is 37.8 Å². The van der Waals surface area contributed by atoms with Crippen LogP contribution in [-0.2, 0) is 11.2 Å². The van der Waals surface area contributed by atoms with Crippen molar-refractivity contribution in [1.29, 1.82) is 0 Å². The number of aryl methyl sites for hydroxylation is 2. The molecule has 3 aliphatic carbocycles. The number of carbonyl (C=O) groups excluding carboxylic acids is 1. The van der Waals surface area contributed by atoms with E-state index in [1.54, 1.807) is 7.05 Å². The average molecular weight is 460 g/mol. The predicted molar refractivity (Wildman–Crippen MR) is 130 cm³/mol. The molecule has 0 bridgehead atoms. The number of aliphatic carboxylic acids is 1. The third-order valence-corrected chi connectivity index (χ3v) is 8.65. The monoisotopic (exact) mass is 459 g/mol. The molecule has 5 rings (SSSR count). The van der Waals surface area contributed by atoms with Crippen LogP contribution in [-0.4, -0.2) is 45.7 Å². The summed E-state index contributed by atoms with van der Waals surface area (Å²) in [4.78, 5) is 25.2. The highest BCUT2D eigenvalue weighted by molar-refractivity contribution is 5.94. The van der Waals surface area contributed by atoms with Crippen molar-refractivity contribution in [2.24, 2.45) is 17.3 Å². The van der Waals surface area contributed by atoms with E-state index in [9.17, 15) is 9.59 Å². The van der Waals surface area contributed by atoms with Gasteiger partial charge in [-0.15, -0.1) is 0 Å². The lowest BCUT2D eigenvalue weighted by atomic mass is 9.54. The Balaban J connectivity index is 1.36. The molecular weight excluding hydrogens is 426 g/mol. The largest absolute Gasteiger partial charge is 0.481 e. The molecule has 2 aromatic rings. The summed E-state index contributed by atoms with van der Waals surface area (Å²) in [6, 6.07) is 8.34. The summed E-state index contributed by atoms with van der Waals surface area (Å²) in [5.41, 5.74) is 7.19. The second-order valence-electron chi connectivity index (χ2n) is 10.6. The van der Waals surface area contributed by atoms with E-state index in [2.05, 4.69) is 41.4 Å². The first-order valence-electron chi connectivity index (χ1n) is 12.4. The van der Waals surface area contributed by atoms with E-state index >= 15 is 0 Å². The highest BCUT2D eigenvalue weighted by Crippen LogP contribution is 2.63. The number of carboxylic acid groups (broad SMARTS) is 1. The van der Waals surface area contributed by atoms with Crippen LogP contribution >= 0.6 is 0 Å². The van der Waals surface area contributed by atoms with Crippen molar-refractivity contribution in [3.05, 3.63) is 64.5 Å². The predicted octanol–water partition coefficient (Wildman–Crippen LogP) is 4.88. The molecule has 1 N–H and O–H groups in total. The van der Waals surface area contributed by atoms with Crippen molar-refractivity contribution in [2.45, 2.75) is 58.3 Å². The first-order chi connectivity index (χ1) is 16.3. The van der Waals surface area contributed by atoms with Gasteiger partial charge in [0, 0.05) is 19.2 Å². The van der Waals surface area contributed by atoms with Crippen LogP contribution < -0.4 is 0 Å². The molecule has 178 valence electrons. The van der Waals surface area contributed by atoms with Crippen molar-refractivity contribution < 1.29 is 14.7 Å². The molecule has 0 aliphatic heterocycles. The fourth-order valence-corrected chi connectivity index (χ4v) is 6.94. The van der Waals surface area contributed by atoms with Crippen LogP contribution in [0.4, 0.5) is 0 Å². The zero-order valence-electron chi connectivity index (χ0n) is 20.3. The zero-order chi connectivity index (χ0) is 24.0. The Bertz CT molecular complexity index is 1170. The second kappa shape index (κ2) is 8.64. The van der Waals surface area contributed by atoms with Gasteiger partial charge in [-0.05, 0) is 103 Å². The van der Waals surface area contributed by atoms with E-state index in [-0.39, 0.29) is 24.3 Å². The minimum atomic E-state index is -0.889. The van der Waals surface area contributed by atoms with Gasteiger partial charge >= 0.3 is 5.97 Å². The molecule has 1 aromatic carbocycles. The van der Waals surface area contributed by atoms with E-state index in [4.69, 9.17) is 5.11 Å². The minimum Gasteiger partial charge on any atom is -0.481 e. The number of carboxylic acids is 1. The van der Waals surface area contributed by atoms with Gasteiger partial charge < -0.3 is 10.0 Å². The van der Waals surface area contributed by atoms with Crippen LogP contribution in [0.2, 0.25) is 0 Å². The normalized spacial score (nSPS) is 27.3. The lowest BCUT2D eigenvalue weighted by Gasteiger charge is -2.50. The molecule has 6 nitrogen and oxygen atoms in total. The smallest absolute Gasteiger partial charge is 0.305 e. The topological polar surface area (TPSA) is 83.4 Å². The Kier molecular flexibility index (Phi) is 5.78. The summed E-state index contributed by atoms with van der Waals surface area (Å²) in [5, 5.41) is 17.3. The van der Waals surface area contributed by atoms with Gasteiger partial charge in [-0.25, -0.2) is 0 Å². The highest BCUT2D eigenvalue weighted by Gasteiger charge is 2.52. The number of hydrogen-bond donors (Lipinski definition) is 1. The van der Waals surface area contributed by atoms with Crippen molar-refractivity contribution in [3.63, 3.8) is 0 Å². The quantitative estimate of drug-likeness (QED) is 0.689. The minimum absolute atomic E-state index is 0.0394.